The minimum Gasteiger partial charge on any atom is -0.462 e. The molecular formula is C56H102N4O17Si2. The number of rotatable bonds is 38. The zero-order chi connectivity index (χ0) is 59.2. The van der Waals surface area contributed by atoms with E-state index in [4.69, 9.17) is 51.5 Å². The topological polar surface area (TPSA) is 252 Å². The van der Waals surface area contributed by atoms with E-state index in [1.165, 1.54) is 0 Å². The van der Waals surface area contributed by atoms with E-state index in [0.717, 1.165) is 49.9 Å². The van der Waals surface area contributed by atoms with Crippen LogP contribution >= 0.6 is 0 Å². The molecule has 0 saturated heterocycles. The van der Waals surface area contributed by atoms with Crippen LogP contribution < -0.4 is 21.3 Å². The fourth-order valence-electron chi connectivity index (χ4n) is 11.0. The van der Waals surface area contributed by atoms with E-state index in [1.54, 1.807) is 13.8 Å². The number of amides is 4. The van der Waals surface area contributed by atoms with Gasteiger partial charge in [0.25, 0.3) is 0 Å². The summed E-state index contributed by atoms with van der Waals surface area (Å²) in [5, 5.41) is 12.1. The van der Waals surface area contributed by atoms with Crippen LogP contribution in [0.5, 0.6) is 0 Å². The normalized spacial score (nSPS) is 21.5. The summed E-state index contributed by atoms with van der Waals surface area (Å²) in [5.74, 6) is -0.932. The van der Waals surface area contributed by atoms with Crippen molar-refractivity contribution >= 4 is 52.9 Å². The number of carbonyl (C=O) groups is 6. The summed E-state index contributed by atoms with van der Waals surface area (Å²) in [5.41, 5.74) is -1.57. The zero-order valence-electron chi connectivity index (χ0n) is 50.2. The Kier molecular flexibility index (Phi) is 31.9. The van der Waals surface area contributed by atoms with Gasteiger partial charge in [0.05, 0.1) is 39.6 Å². The number of hydrogen-bond donors (Lipinski definition) is 4. The van der Waals surface area contributed by atoms with Gasteiger partial charge in [0.1, 0.15) is 12.2 Å². The number of nitrogens with one attached hydrogen (secondary N) is 4. The summed E-state index contributed by atoms with van der Waals surface area (Å²) < 4.78 is 61.8. The molecule has 2 fully saturated rings. The molecule has 4 amide bonds. The van der Waals surface area contributed by atoms with Crippen LogP contribution in [0.4, 0.5) is 19.2 Å². The van der Waals surface area contributed by atoms with E-state index in [9.17, 15) is 28.8 Å². The van der Waals surface area contributed by atoms with Crippen molar-refractivity contribution in [1.29, 1.82) is 0 Å². The Labute approximate surface area is 474 Å². The molecule has 0 aromatic rings. The SMILES string of the molecule is C=CC(=O)OCCCOCCCOC(=O)NC1CC(C)(C)CC(C)(NC(=O)OC(C)COCCC[Si](C)(C)O[Si](C)(C)CCCOCC(C)OC(=O)NC2(C)CC(NC(=O)OCCCOCCCOC(=O)C=C)CC(C)(C)C2)C1. The van der Waals surface area contributed by atoms with Gasteiger partial charge in [0, 0.05) is 101 Å². The molecule has 2 rings (SSSR count). The molecule has 79 heavy (non-hydrogen) atoms. The summed E-state index contributed by atoms with van der Waals surface area (Å²) in [6.45, 7) is 35.8. The molecule has 0 bridgehead atoms. The molecule has 21 nitrogen and oxygen atoms in total. The first-order valence-corrected chi connectivity index (χ1v) is 34.6. The number of alkyl carbamates (subject to hydrolysis) is 4. The summed E-state index contributed by atoms with van der Waals surface area (Å²) in [4.78, 5) is 73.7. The van der Waals surface area contributed by atoms with Crippen molar-refractivity contribution in [2.45, 2.75) is 206 Å². The minimum absolute atomic E-state index is 0.165. The third kappa shape index (κ3) is 33.9. The van der Waals surface area contributed by atoms with Crippen molar-refractivity contribution in [3.05, 3.63) is 25.3 Å². The summed E-state index contributed by atoms with van der Waals surface area (Å²) in [7, 11) is -4.01. The van der Waals surface area contributed by atoms with Crippen molar-refractivity contribution in [2.24, 2.45) is 10.8 Å². The second kappa shape index (κ2) is 35.6. The van der Waals surface area contributed by atoms with E-state index in [-0.39, 0.29) is 62.6 Å². The molecule has 0 heterocycles. The van der Waals surface area contributed by atoms with Crippen molar-refractivity contribution in [3.63, 3.8) is 0 Å². The first kappa shape index (κ1) is 70.8. The molecule has 0 radical (unpaired) electrons. The van der Waals surface area contributed by atoms with E-state index < -0.39 is 76.2 Å². The monoisotopic (exact) mass is 1160 g/mol. The van der Waals surface area contributed by atoms with Gasteiger partial charge in [-0.3, -0.25) is 0 Å². The second-order valence-corrected chi connectivity index (χ2v) is 33.5. The molecule has 0 spiro atoms. The fourth-order valence-corrected chi connectivity index (χ4v) is 19.7. The zero-order valence-corrected chi connectivity index (χ0v) is 52.2. The highest BCUT2D eigenvalue weighted by atomic mass is 28.4. The average molecular weight is 1160 g/mol. The Hall–Kier alpha value is -4.27. The van der Waals surface area contributed by atoms with E-state index in [1.807, 2.05) is 13.8 Å². The first-order chi connectivity index (χ1) is 37.0. The molecule has 6 atom stereocenters. The molecule has 23 heteroatoms. The Morgan fingerprint density at radius 3 is 1.15 bits per heavy atom. The number of ether oxygens (including phenoxy) is 10. The fraction of sp³-hybridized carbons (Fsp3) is 0.821. The van der Waals surface area contributed by atoms with E-state index >= 15 is 0 Å². The van der Waals surface area contributed by atoms with Gasteiger partial charge in [0.2, 0.25) is 0 Å². The van der Waals surface area contributed by atoms with Crippen LogP contribution in [0, 0.1) is 10.8 Å². The van der Waals surface area contributed by atoms with Crippen LogP contribution in [0.25, 0.3) is 0 Å². The Morgan fingerprint density at radius 1 is 0.481 bits per heavy atom. The predicted molar refractivity (Wildman–Crippen MR) is 306 cm³/mol. The molecule has 0 aromatic heterocycles. The van der Waals surface area contributed by atoms with Gasteiger partial charge in [-0.05, 0) is 128 Å². The van der Waals surface area contributed by atoms with Crippen molar-refractivity contribution in [1.82, 2.24) is 21.3 Å². The number of hydrogen-bond acceptors (Lipinski definition) is 17. The highest BCUT2D eigenvalue weighted by Crippen LogP contribution is 2.42. The average Bonchev–Trinajstić information content (AvgIpc) is 3.30. The molecule has 2 saturated carbocycles. The molecule has 0 aliphatic heterocycles. The van der Waals surface area contributed by atoms with Gasteiger partial charge in [-0.1, -0.05) is 40.9 Å². The van der Waals surface area contributed by atoms with Crippen LogP contribution in [0.1, 0.15) is 132 Å². The summed E-state index contributed by atoms with van der Waals surface area (Å²) >= 11 is 0. The van der Waals surface area contributed by atoms with E-state index in [2.05, 4.69) is 88.3 Å². The molecule has 2 aliphatic carbocycles. The maximum absolute atomic E-state index is 13.1. The molecule has 0 aromatic carbocycles. The lowest BCUT2D eigenvalue weighted by Gasteiger charge is -2.46. The van der Waals surface area contributed by atoms with Crippen molar-refractivity contribution in [2.75, 3.05) is 79.3 Å². The highest BCUT2D eigenvalue weighted by Gasteiger charge is 2.45. The smallest absolute Gasteiger partial charge is 0.407 e. The summed E-state index contributed by atoms with van der Waals surface area (Å²) in [6, 6.07) is 1.43. The largest absolute Gasteiger partial charge is 0.462 e. The van der Waals surface area contributed by atoms with Gasteiger partial charge in [-0.25, -0.2) is 28.8 Å². The van der Waals surface area contributed by atoms with Crippen LogP contribution in [0.3, 0.4) is 0 Å². The second-order valence-electron chi connectivity index (χ2n) is 24.6. The first-order valence-electron chi connectivity index (χ1n) is 28.4. The Balaban J connectivity index is 1.61. The number of esters is 2. The third-order valence-electron chi connectivity index (χ3n) is 13.2. The predicted octanol–water partition coefficient (Wildman–Crippen LogP) is 9.64. The lowest BCUT2D eigenvalue weighted by atomic mass is 9.67. The van der Waals surface area contributed by atoms with Gasteiger partial charge in [-0.2, -0.15) is 0 Å². The Morgan fingerprint density at radius 2 is 0.810 bits per heavy atom. The highest BCUT2D eigenvalue weighted by molar-refractivity contribution is 6.84. The lowest BCUT2D eigenvalue weighted by Crippen LogP contribution is -2.57. The number of carbonyl (C=O) groups excluding carboxylic acids is 6. The standard InChI is InChI=1S/C56H102N4O17Si2/c1-15-47(61)71-29-17-23-67-25-19-31-73-49(63)57-45-35-53(5,6)41-55(9,37-45)59-51(65)75-43(3)39-69-27-21-33-78(11,12)77-79(13,14)34-22-28-70-40-44(4)76-52(66)60-56(10)38-46(36-54(7,8)42-56)58-50(64)74-32-20-26-68-24-18-30-72-48(62)16-2/h15-16,43-46H,1-2,17-42H2,3-14H3,(H,57,63)(H,58,64)(H,59,65)(H,60,66). The molecule has 6 unspecified atom stereocenters. The van der Waals surface area contributed by atoms with Crippen LogP contribution in [0.2, 0.25) is 38.3 Å². The van der Waals surface area contributed by atoms with Crippen LogP contribution in [-0.4, -0.2) is 168 Å². The van der Waals surface area contributed by atoms with Gasteiger partial charge in [0.15, 0.2) is 16.6 Å². The molecule has 2 aliphatic rings. The quantitative estimate of drug-likeness (QED) is 0.0148. The summed E-state index contributed by atoms with van der Waals surface area (Å²) in [6.07, 6.45) is 6.94. The van der Waals surface area contributed by atoms with E-state index in [0.29, 0.717) is 91.0 Å². The van der Waals surface area contributed by atoms with Gasteiger partial charge < -0.3 is 72.8 Å². The van der Waals surface area contributed by atoms with Gasteiger partial charge >= 0.3 is 36.3 Å². The van der Waals surface area contributed by atoms with Crippen LogP contribution in [0.15, 0.2) is 25.3 Å². The third-order valence-corrected chi connectivity index (χ3v) is 20.7. The Bertz CT molecular complexity index is 1760. The molecule has 4 N–H and O–H groups in total. The van der Waals surface area contributed by atoms with Crippen molar-refractivity contribution < 1.29 is 80.3 Å². The van der Waals surface area contributed by atoms with Crippen molar-refractivity contribution in [3.8, 4) is 0 Å². The lowest BCUT2D eigenvalue weighted by molar-refractivity contribution is -0.139. The maximum atomic E-state index is 13.1. The minimum atomic E-state index is -2.01. The maximum Gasteiger partial charge on any atom is 0.407 e. The van der Waals surface area contributed by atoms with Crippen LogP contribution in [-0.2, 0) is 61.1 Å². The molecular weight excluding hydrogens is 1060 g/mol. The van der Waals surface area contributed by atoms with Gasteiger partial charge in [-0.15, -0.1) is 0 Å². The molecule has 456 valence electrons.